The van der Waals surface area contributed by atoms with Gasteiger partial charge in [-0.05, 0) is 64.2 Å². The zero-order chi connectivity index (χ0) is 81.6. The van der Waals surface area contributed by atoms with Crippen LogP contribution in [0.1, 0.15) is 395 Å². The number of unbranched alkanes of at least 4 members (excludes halogenated alkanes) is 41. The van der Waals surface area contributed by atoms with Crippen molar-refractivity contribution in [2.75, 3.05) is 79.0 Å². The Morgan fingerprint density at radius 1 is 0.297 bits per heavy atom. The first-order valence-corrected chi connectivity index (χ1v) is 48.0. The summed E-state index contributed by atoms with van der Waals surface area (Å²) in [6.45, 7) is 10.1. The highest BCUT2D eigenvalue weighted by Crippen LogP contribution is 2.44. The summed E-state index contributed by atoms with van der Waals surface area (Å²) >= 11 is 0. The first kappa shape index (κ1) is 108. The lowest BCUT2D eigenvalue weighted by molar-refractivity contribution is -0.148. The van der Waals surface area contributed by atoms with Crippen molar-refractivity contribution in [3.63, 3.8) is 0 Å². The standard InChI is InChI=1S/C84H168N6O19P2/c1-7-13-19-25-29-33-37-41-47-53-59-83(96)109-77(55-49-43-24-18-12-6)61-65-103-71-75(90-81(94)69-88-79(92)57-51-45-39-35-31-27-21-15-9-3)73-107-111(100,101)105-67-63-86-84(97)85-62-66-104-110(98,99)106-72-74(89-80(93)68-87-78(91)56-50-44-38-34-30-26-20-14-8-2)70-102-64-60-76(54-48-42-23-17-11-5)108-82(95)58-52-46-40-36-32-28-22-16-10-4/h74-77,82-83,95-96H,7-73H2,1-6H3,(H,87,91)(H,88,92)(H,89,93)(H,90,94)(H,98,99)(H,100,101)(H2,85,86,97)/t74?,75?,76-,77-,82?,83?/m1/s1. The molecule has 27 heteroatoms. The summed E-state index contributed by atoms with van der Waals surface area (Å²) in [5.74, 6) is -1.64. The Morgan fingerprint density at radius 3 is 0.847 bits per heavy atom. The molecule has 0 aliphatic rings. The second-order valence-electron chi connectivity index (χ2n) is 30.8. The number of urea groups is 1. The van der Waals surface area contributed by atoms with Crippen LogP contribution in [0.5, 0.6) is 0 Å². The van der Waals surface area contributed by atoms with Crippen LogP contribution in [0.3, 0.4) is 0 Å². The van der Waals surface area contributed by atoms with Crippen molar-refractivity contribution < 1.29 is 90.1 Å². The van der Waals surface area contributed by atoms with Crippen LogP contribution in [-0.4, -0.2) is 166 Å². The van der Waals surface area contributed by atoms with Crippen LogP contribution in [0, 0.1) is 0 Å². The lowest BCUT2D eigenvalue weighted by atomic mass is 10.1. The van der Waals surface area contributed by atoms with Crippen molar-refractivity contribution in [2.45, 2.75) is 432 Å². The molecule has 6 unspecified atom stereocenters. The van der Waals surface area contributed by atoms with Crippen LogP contribution >= 0.6 is 15.6 Å². The van der Waals surface area contributed by atoms with Crippen molar-refractivity contribution in [1.82, 2.24) is 31.9 Å². The maximum absolute atomic E-state index is 13.3. The van der Waals surface area contributed by atoms with Gasteiger partial charge in [-0.15, -0.1) is 0 Å². The molecule has 6 amide bonds. The number of carbonyl (C=O) groups excluding carboxylic acids is 5. The first-order chi connectivity index (χ1) is 53.8. The van der Waals surface area contributed by atoms with E-state index in [1.807, 2.05) is 0 Å². The van der Waals surface area contributed by atoms with E-state index in [9.17, 15) is 53.1 Å². The summed E-state index contributed by atoms with van der Waals surface area (Å²) in [5.41, 5.74) is 0. The van der Waals surface area contributed by atoms with Gasteiger partial charge in [0, 0.05) is 39.1 Å². The third-order valence-corrected chi connectivity index (χ3v) is 21.9. The lowest BCUT2D eigenvalue weighted by Crippen LogP contribution is -2.46. The predicted octanol–water partition coefficient (Wildman–Crippen LogP) is 18.8. The van der Waals surface area contributed by atoms with Crippen LogP contribution in [0.25, 0.3) is 0 Å². The Labute approximate surface area is 674 Å². The van der Waals surface area contributed by atoms with E-state index in [-0.39, 0.29) is 89.5 Å². The molecule has 8 atom stereocenters. The molecule has 0 saturated heterocycles. The normalized spacial score (nSPS) is 14.4. The number of rotatable bonds is 87. The maximum atomic E-state index is 13.3. The molecular weight excluding hydrogens is 1460 g/mol. The van der Waals surface area contributed by atoms with Gasteiger partial charge in [-0.2, -0.15) is 0 Å². The molecule has 10 N–H and O–H groups in total. The van der Waals surface area contributed by atoms with E-state index in [4.69, 9.17) is 37.0 Å². The average molecular weight is 1630 g/mol. The topological polar surface area (TPSA) is 346 Å². The van der Waals surface area contributed by atoms with Crippen molar-refractivity contribution in [3.05, 3.63) is 0 Å². The predicted molar refractivity (Wildman–Crippen MR) is 446 cm³/mol. The summed E-state index contributed by atoms with van der Waals surface area (Å²) in [6, 6.07) is -2.68. The Kier molecular flexibility index (Phi) is 77.5. The van der Waals surface area contributed by atoms with Gasteiger partial charge < -0.3 is 70.8 Å². The van der Waals surface area contributed by atoms with E-state index in [1.54, 1.807) is 0 Å². The van der Waals surface area contributed by atoms with Crippen molar-refractivity contribution in [1.29, 1.82) is 0 Å². The molecule has 0 aliphatic heterocycles. The molecule has 0 aromatic heterocycles. The zero-order valence-electron chi connectivity index (χ0n) is 71.1. The Bertz CT molecular complexity index is 2230. The van der Waals surface area contributed by atoms with Gasteiger partial charge in [-0.3, -0.25) is 37.3 Å². The molecule has 25 nitrogen and oxygen atoms in total. The largest absolute Gasteiger partial charge is 0.472 e. The number of nitrogens with one attached hydrogen (secondary N) is 6. The number of aliphatic hydroxyl groups is 2. The SMILES string of the molecule is CCCCCCCCCCCCC(O)O[C@H](CCCCCCC)CCOCC(COP(=O)(O)OCCNC(=O)NCCOP(=O)(O)OCC(COCC[C@@H](CCCCCCC)OC(O)CCCCCCCCCCC)NC(=O)CNC(=O)CCCCCCCCCCC)NC(=O)CNC(=O)CCCCCCCCCCC. The second kappa shape index (κ2) is 79.6. The smallest absolute Gasteiger partial charge is 0.379 e. The molecule has 0 rings (SSSR count). The molecule has 0 aromatic rings. The van der Waals surface area contributed by atoms with E-state index in [0.717, 1.165) is 154 Å². The van der Waals surface area contributed by atoms with Crippen molar-refractivity contribution in [3.8, 4) is 0 Å². The minimum Gasteiger partial charge on any atom is -0.379 e. The van der Waals surface area contributed by atoms with Crippen LogP contribution < -0.4 is 31.9 Å². The van der Waals surface area contributed by atoms with E-state index in [1.165, 1.54) is 148 Å². The molecule has 0 aliphatic carbocycles. The first-order valence-electron chi connectivity index (χ1n) is 45.0. The van der Waals surface area contributed by atoms with Crippen LogP contribution in [0.15, 0.2) is 0 Å². The molecule has 0 fully saturated rings. The number of amides is 6. The Morgan fingerprint density at radius 2 is 0.559 bits per heavy atom. The highest BCUT2D eigenvalue weighted by molar-refractivity contribution is 7.47. The number of carbonyl (C=O) groups is 5. The quantitative estimate of drug-likeness (QED) is 0.0154. The summed E-state index contributed by atoms with van der Waals surface area (Å²) in [5, 5.41) is 37.6. The number of hydrogen-bond donors (Lipinski definition) is 10. The summed E-state index contributed by atoms with van der Waals surface area (Å²) in [7, 11) is -9.58. The summed E-state index contributed by atoms with van der Waals surface area (Å²) in [6.07, 6.45) is 54.7. The average Bonchev–Trinajstić information content (AvgIpc) is 0.914. The summed E-state index contributed by atoms with van der Waals surface area (Å²) < 4.78 is 71.8. The fraction of sp³-hybridized carbons (Fsp3) is 0.940. The summed E-state index contributed by atoms with van der Waals surface area (Å²) in [4.78, 5) is 86.2. The monoisotopic (exact) mass is 1630 g/mol. The molecule has 0 heterocycles. The molecule has 0 radical (unpaired) electrons. The lowest BCUT2D eigenvalue weighted by Gasteiger charge is -2.23. The van der Waals surface area contributed by atoms with Gasteiger partial charge in [0.25, 0.3) is 0 Å². The fourth-order valence-corrected chi connectivity index (χ4v) is 14.6. The van der Waals surface area contributed by atoms with Crippen LogP contribution in [0.2, 0.25) is 0 Å². The molecule has 0 saturated carbocycles. The third kappa shape index (κ3) is 76.8. The maximum Gasteiger partial charge on any atom is 0.472 e. The van der Waals surface area contributed by atoms with Crippen LogP contribution in [-0.2, 0) is 65.4 Å². The van der Waals surface area contributed by atoms with Crippen molar-refractivity contribution in [2.24, 2.45) is 0 Å². The number of phosphoric ester groups is 2. The molecule has 0 bridgehead atoms. The fourth-order valence-electron chi connectivity index (χ4n) is 13.1. The van der Waals surface area contributed by atoms with Gasteiger partial charge in [0.2, 0.25) is 23.6 Å². The Balaban J connectivity index is 5.69. The van der Waals surface area contributed by atoms with E-state index in [2.05, 4.69) is 73.4 Å². The molecule has 0 spiro atoms. The number of phosphoric acid groups is 2. The van der Waals surface area contributed by atoms with Gasteiger partial charge in [0.15, 0.2) is 12.6 Å². The molecule has 111 heavy (non-hydrogen) atoms. The van der Waals surface area contributed by atoms with Gasteiger partial charge in [-0.1, -0.05) is 318 Å². The van der Waals surface area contributed by atoms with E-state index in [0.29, 0.717) is 38.5 Å². The number of hydrogen-bond acceptors (Lipinski definition) is 17. The highest BCUT2D eigenvalue weighted by atomic mass is 31.2. The second-order valence-corrected chi connectivity index (χ2v) is 33.7. The number of aliphatic hydroxyl groups excluding tert-OH is 2. The molecule has 0 aromatic carbocycles. The molecular formula is C84H168N6O19P2. The van der Waals surface area contributed by atoms with Gasteiger partial charge in [0.1, 0.15) is 0 Å². The number of ether oxygens (including phenoxy) is 4. The van der Waals surface area contributed by atoms with E-state index < -0.39 is 84.6 Å². The van der Waals surface area contributed by atoms with E-state index >= 15 is 0 Å². The van der Waals surface area contributed by atoms with Gasteiger partial charge in [-0.25, -0.2) is 13.9 Å². The minimum absolute atomic E-state index is 0.134. The van der Waals surface area contributed by atoms with Gasteiger partial charge in [0.05, 0.1) is 77.0 Å². The van der Waals surface area contributed by atoms with Crippen molar-refractivity contribution >= 4 is 45.3 Å². The third-order valence-electron chi connectivity index (χ3n) is 19.9. The zero-order valence-corrected chi connectivity index (χ0v) is 72.9. The van der Waals surface area contributed by atoms with Crippen LogP contribution in [0.4, 0.5) is 4.79 Å². The Hall–Kier alpha value is -2.87. The van der Waals surface area contributed by atoms with Gasteiger partial charge >= 0.3 is 21.7 Å². The highest BCUT2D eigenvalue weighted by Gasteiger charge is 2.28. The molecule has 658 valence electrons. The minimum atomic E-state index is -4.79.